The van der Waals surface area contributed by atoms with Crippen molar-refractivity contribution in [3.8, 4) is 11.1 Å². The Morgan fingerprint density at radius 3 is 2.27 bits per heavy atom. The molecule has 30 heavy (non-hydrogen) atoms. The van der Waals surface area contributed by atoms with Gasteiger partial charge in [-0.25, -0.2) is 0 Å². The molecule has 5 nitrogen and oxygen atoms in total. The fourth-order valence-corrected chi connectivity index (χ4v) is 4.23. The van der Waals surface area contributed by atoms with Gasteiger partial charge >= 0.3 is 0 Å². The first-order valence-corrected chi connectivity index (χ1v) is 10.6. The second kappa shape index (κ2) is 7.24. The smallest absolute Gasteiger partial charge is 0.253 e. The molecule has 152 valence electrons. The molecule has 1 aliphatic heterocycles. The van der Waals surface area contributed by atoms with Gasteiger partial charge in [0.1, 0.15) is 0 Å². The maximum absolute atomic E-state index is 13.0. The van der Waals surface area contributed by atoms with Gasteiger partial charge in [-0.3, -0.25) is 14.6 Å². The number of hydrogen-bond acceptors (Lipinski definition) is 3. The lowest BCUT2D eigenvalue weighted by molar-refractivity contribution is -0.137. The third kappa shape index (κ3) is 3.34. The summed E-state index contributed by atoms with van der Waals surface area (Å²) in [6.45, 7) is 4.48. The van der Waals surface area contributed by atoms with E-state index in [0.29, 0.717) is 31.7 Å². The van der Waals surface area contributed by atoms with E-state index in [9.17, 15) is 9.59 Å². The van der Waals surface area contributed by atoms with E-state index < -0.39 is 0 Å². The molecule has 0 bridgehead atoms. The van der Waals surface area contributed by atoms with Gasteiger partial charge in [0.05, 0.1) is 5.52 Å². The highest BCUT2D eigenvalue weighted by atomic mass is 16.2. The molecule has 1 aliphatic carbocycles. The summed E-state index contributed by atoms with van der Waals surface area (Å²) in [5, 5.41) is 1.10. The zero-order valence-corrected chi connectivity index (χ0v) is 17.2. The maximum Gasteiger partial charge on any atom is 0.253 e. The van der Waals surface area contributed by atoms with Crippen molar-refractivity contribution in [1.82, 2.24) is 14.8 Å². The predicted molar refractivity (Wildman–Crippen MR) is 117 cm³/mol. The van der Waals surface area contributed by atoms with Crippen LogP contribution in [0.2, 0.25) is 0 Å². The number of nitrogens with zero attached hydrogens (tertiary/aromatic N) is 3. The Balaban J connectivity index is 1.29. The van der Waals surface area contributed by atoms with Crippen LogP contribution in [0.3, 0.4) is 0 Å². The highest BCUT2D eigenvalue weighted by molar-refractivity contribution is 5.97. The molecule has 0 N–H and O–H groups in total. The maximum atomic E-state index is 13.0. The number of piperazine rings is 1. The average Bonchev–Trinajstić information content (AvgIpc) is 3.56. The molecule has 2 aliphatic rings. The minimum absolute atomic E-state index is 0.0332. The summed E-state index contributed by atoms with van der Waals surface area (Å²) in [7, 11) is 0. The summed E-state index contributed by atoms with van der Waals surface area (Å²) in [6, 6.07) is 17.9. The predicted octanol–water partition coefficient (Wildman–Crippen LogP) is 3.99. The fourth-order valence-electron chi connectivity index (χ4n) is 4.23. The van der Waals surface area contributed by atoms with Crippen molar-refractivity contribution in [3.05, 3.63) is 66.4 Å². The first-order valence-electron chi connectivity index (χ1n) is 10.6. The first kappa shape index (κ1) is 18.8. The minimum Gasteiger partial charge on any atom is -0.339 e. The SMILES string of the molecule is CC1(C(=O)N2CCN(C(=O)c3ccc(-c4cccc5ncccc45)cc3)CC2)CC1. The zero-order chi connectivity index (χ0) is 20.7. The van der Waals surface area contributed by atoms with Crippen LogP contribution in [0, 0.1) is 5.41 Å². The van der Waals surface area contributed by atoms with E-state index in [2.05, 4.69) is 17.1 Å². The molecule has 5 rings (SSSR count). The Hall–Kier alpha value is -3.21. The van der Waals surface area contributed by atoms with Crippen molar-refractivity contribution in [2.75, 3.05) is 26.2 Å². The largest absolute Gasteiger partial charge is 0.339 e. The van der Waals surface area contributed by atoms with E-state index in [1.165, 1.54) is 0 Å². The molecule has 2 fully saturated rings. The second-order valence-corrected chi connectivity index (χ2v) is 8.60. The van der Waals surface area contributed by atoms with Crippen LogP contribution >= 0.6 is 0 Å². The van der Waals surface area contributed by atoms with Crippen LogP contribution in [-0.4, -0.2) is 52.8 Å². The molecule has 1 saturated heterocycles. The number of hydrogen-bond donors (Lipinski definition) is 0. The van der Waals surface area contributed by atoms with E-state index in [0.717, 1.165) is 34.9 Å². The number of carbonyl (C=O) groups excluding carboxylic acids is 2. The van der Waals surface area contributed by atoms with Gasteiger partial charge in [0, 0.05) is 48.7 Å². The van der Waals surface area contributed by atoms with E-state index in [4.69, 9.17) is 0 Å². The van der Waals surface area contributed by atoms with Crippen LogP contribution in [0.25, 0.3) is 22.0 Å². The summed E-state index contributed by atoms with van der Waals surface area (Å²) < 4.78 is 0. The topological polar surface area (TPSA) is 53.5 Å². The molecule has 2 aromatic carbocycles. The molecule has 0 radical (unpaired) electrons. The van der Waals surface area contributed by atoms with Gasteiger partial charge in [-0.05, 0) is 48.2 Å². The highest BCUT2D eigenvalue weighted by Gasteiger charge is 2.47. The zero-order valence-electron chi connectivity index (χ0n) is 17.2. The van der Waals surface area contributed by atoms with Crippen LogP contribution in [0.4, 0.5) is 0 Å². The average molecular weight is 399 g/mol. The van der Waals surface area contributed by atoms with E-state index in [-0.39, 0.29) is 17.2 Å². The van der Waals surface area contributed by atoms with Gasteiger partial charge in [-0.15, -0.1) is 0 Å². The summed E-state index contributed by atoms with van der Waals surface area (Å²) in [6.07, 6.45) is 3.78. The lowest BCUT2D eigenvalue weighted by Crippen LogP contribution is -2.52. The summed E-state index contributed by atoms with van der Waals surface area (Å²) >= 11 is 0. The van der Waals surface area contributed by atoms with Crippen molar-refractivity contribution in [3.63, 3.8) is 0 Å². The molecular weight excluding hydrogens is 374 g/mol. The number of pyridine rings is 1. The standard InChI is InChI=1S/C25H25N3O2/c1-25(11-12-25)24(30)28-16-14-27(15-17-28)23(29)19-9-7-18(8-10-19)20-4-2-6-22-21(20)5-3-13-26-22/h2-10,13H,11-12,14-17H2,1H3. The summed E-state index contributed by atoms with van der Waals surface area (Å²) in [4.78, 5) is 33.7. The molecular formula is C25H25N3O2. The van der Waals surface area contributed by atoms with Gasteiger partial charge in [0.15, 0.2) is 0 Å². The van der Waals surface area contributed by atoms with Crippen molar-refractivity contribution in [2.45, 2.75) is 19.8 Å². The van der Waals surface area contributed by atoms with Crippen molar-refractivity contribution >= 4 is 22.7 Å². The highest BCUT2D eigenvalue weighted by Crippen LogP contribution is 2.46. The quantitative estimate of drug-likeness (QED) is 0.669. The van der Waals surface area contributed by atoms with E-state index in [1.807, 2.05) is 59.2 Å². The van der Waals surface area contributed by atoms with Crippen LogP contribution in [-0.2, 0) is 4.79 Å². The van der Waals surface area contributed by atoms with E-state index >= 15 is 0 Å². The Bertz CT molecular complexity index is 1110. The van der Waals surface area contributed by atoms with Crippen LogP contribution in [0.15, 0.2) is 60.8 Å². The van der Waals surface area contributed by atoms with Crippen LogP contribution in [0.5, 0.6) is 0 Å². The van der Waals surface area contributed by atoms with Crippen LogP contribution in [0.1, 0.15) is 30.1 Å². The number of benzene rings is 2. The lowest BCUT2D eigenvalue weighted by Gasteiger charge is -2.36. The van der Waals surface area contributed by atoms with Gasteiger partial charge in [-0.2, -0.15) is 0 Å². The molecule has 5 heteroatoms. The second-order valence-electron chi connectivity index (χ2n) is 8.60. The molecule has 0 unspecified atom stereocenters. The molecule has 2 amide bonds. The third-order valence-corrected chi connectivity index (χ3v) is 6.46. The molecule has 2 heterocycles. The Morgan fingerprint density at radius 1 is 0.867 bits per heavy atom. The monoisotopic (exact) mass is 399 g/mol. The number of amides is 2. The molecule has 3 aromatic rings. The van der Waals surface area contributed by atoms with Crippen LogP contribution < -0.4 is 0 Å². The Morgan fingerprint density at radius 2 is 1.57 bits per heavy atom. The molecule has 1 aromatic heterocycles. The normalized spacial score (nSPS) is 17.8. The molecule has 1 saturated carbocycles. The molecule has 0 spiro atoms. The number of carbonyl (C=O) groups is 2. The summed E-state index contributed by atoms with van der Waals surface area (Å²) in [5.41, 5.74) is 3.69. The van der Waals surface area contributed by atoms with Crippen molar-refractivity contribution in [1.29, 1.82) is 0 Å². The van der Waals surface area contributed by atoms with Gasteiger partial charge in [0.25, 0.3) is 5.91 Å². The van der Waals surface area contributed by atoms with Crippen molar-refractivity contribution < 1.29 is 9.59 Å². The Kier molecular flexibility index (Phi) is 4.54. The first-order chi connectivity index (χ1) is 14.5. The van der Waals surface area contributed by atoms with Gasteiger partial charge in [0.2, 0.25) is 5.91 Å². The summed E-state index contributed by atoms with van der Waals surface area (Å²) in [5.74, 6) is 0.286. The van der Waals surface area contributed by atoms with Gasteiger partial charge in [-0.1, -0.05) is 37.3 Å². The number of fused-ring (bicyclic) bond motifs is 1. The number of rotatable bonds is 3. The van der Waals surface area contributed by atoms with Gasteiger partial charge < -0.3 is 9.80 Å². The lowest BCUT2D eigenvalue weighted by atomic mass is 9.99. The molecule has 0 atom stereocenters. The minimum atomic E-state index is -0.140. The third-order valence-electron chi connectivity index (χ3n) is 6.46. The van der Waals surface area contributed by atoms with E-state index in [1.54, 1.807) is 6.20 Å². The number of aromatic nitrogens is 1. The van der Waals surface area contributed by atoms with Crippen molar-refractivity contribution in [2.24, 2.45) is 5.41 Å². The fraction of sp³-hybridized carbons (Fsp3) is 0.320. The Labute approximate surface area is 176 Å².